The van der Waals surface area contributed by atoms with Crippen LogP contribution in [0.5, 0.6) is 0 Å². The first-order valence-electron chi connectivity index (χ1n) is 4.41. The zero-order valence-electron chi connectivity index (χ0n) is 8.27. The number of rotatable bonds is 4. The van der Waals surface area contributed by atoms with Crippen molar-refractivity contribution in [3.8, 4) is 0 Å². The van der Waals surface area contributed by atoms with Gasteiger partial charge in [-0.3, -0.25) is 9.80 Å². The van der Waals surface area contributed by atoms with Crippen molar-refractivity contribution in [1.29, 1.82) is 0 Å². The van der Waals surface area contributed by atoms with Gasteiger partial charge in [-0.15, -0.1) is 0 Å². The van der Waals surface area contributed by atoms with Crippen LogP contribution in [-0.2, 0) is 9.53 Å². The number of methoxy groups -OCH3 is 1. The molecule has 0 aromatic heterocycles. The third-order valence-corrected chi connectivity index (χ3v) is 2.32. The van der Waals surface area contributed by atoms with Crippen LogP contribution in [0.2, 0.25) is 0 Å². The fraction of sp³-hybridized carbons (Fsp3) is 0.556. The quantitative estimate of drug-likeness (QED) is 0.390. The number of ether oxygens (including phenoxy) is 1. The molecule has 0 aromatic rings. The predicted molar refractivity (Wildman–Crippen MR) is 53.8 cm³/mol. The van der Waals surface area contributed by atoms with Crippen LogP contribution in [0.4, 0.5) is 0 Å². The number of esters is 1. The molecule has 0 saturated carbocycles. The number of carbonyl (C=O) groups excluding carboxylic acids is 1. The summed E-state index contributed by atoms with van der Waals surface area (Å²) in [4.78, 5) is 11.2. The van der Waals surface area contributed by atoms with Gasteiger partial charge in [0.25, 0.3) is 0 Å². The molecule has 0 spiro atoms. The maximum absolute atomic E-state index is 11.2. The van der Waals surface area contributed by atoms with Gasteiger partial charge in [0.15, 0.2) is 0 Å². The highest BCUT2D eigenvalue weighted by atomic mass is 16.5. The van der Waals surface area contributed by atoms with Crippen molar-refractivity contribution in [3.63, 3.8) is 0 Å². The second kappa shape index (κ2) is 4.76. The summed E-state index contributed by atoms with van der Waals surface area (Å²) < 4.78 is 4.64. The van der Waals surface area contributed by atoms with Gasteiger partial charge in [0, 0.05) is 19.5 Å². The summed E-state index contributed by atoms with van der Waals surface area (Å²) in [6, 6.07) is -0.108. The Bertz CT molecular complexity index is 234. The molecule has 5 heteroatoms. The van der Waals surface area contributed by atoms with E-state index in [0.29, 0.717) is 13.0 Å². The molecule has 5 nitrogen and oxygen atoms in total. The van der Waals surface area contributed by atoms with E-state index in [1.165, 1.54) is 7.11 Å². The van der Waals surface area contributed by atoms with Gasteiger partial charge in [-0.25, -0.2) is 0 Å². The summed E-state index contributed by atoms with van der Waals surface area (Å²) in [7, 11) is 1.38. The van der Waals surface area contributed by atoms with Gasteiger partial charge in [-0.05, 0) is 6.42 Å². The highest BCUT2D eigenvalue weighted by Gasteiger charge is 2.32. The van der Waals surface area contributed by atoms with Crippen molar-refractivity contribution >= 4 is 12.7 Å². The van der Waals surface area contributed by atoms with Crippen LogP contribution in [0.15, 0.2) is 17.9 Å². The van der Waals surface area contributed by atoms with Gasteiger partial charge in [-0.2, -0.15) is 5.10 Å². The maximum atomic E-state index is 11.2. The fourth-order valence-corrected chi connectivity index (χ4v) is 1.56. The van der Waals surface area contributed by atoms with Crippen molar-refractivity contribution in [3.05, 3.63) is 12.8 Å². The highest BCUT2D eigenvalue weighted by molar-refractivity contribution is 5.76. The zero-order chi connectivity index (χ0) is 10.6. The molecule has 1 saturated heterocycles. The van der Waals surface area contributed by atoms with E-state index in [9.17, 15) is 4.79 Å². The molecule has 2 unspecified atom stereocenters. The second-order valence-electron chi connectivity index (χ2n) is 3.08. The highest BCUT2D eigenvalue weighted by Crippen LogP contribution is 2.14. The molecule has 0 aliphatic carbocycles. The largest absolute Gasteiger partial charge is 0.468 e. The minimum Gasteiger partial charge on any atom is -0.468 e. The topological polar surface area (TPSA) is 53.9 Å². The number of hydrazone groups is 1. The monoisotopic (exact) mass is 197 g/mol. The third kappa shape index (κ3) is 2.11. The molecule has 78 valence electrons. The van der Waals surface area contributed by atoms with E-state index in [1.54, 1.807) is 11.2 Å². The molecule has 1 rings (SSSR count). The number of hydrogen-bond acceptors (Lipinski definition) is 5. The van der Waals surface area contributed by atoms with E-state index in [1.807, 2.05) is 0 Å². The first-order valence-corrected chi connectivity index (χ1v) is 4.41. The van der Waals surface area contributed by atoms with Crippen LogP contribution in [-0.4, -0.2) is 43.4 Å². The lowest BCUT2D eigenvalue weighted by atomic mass is 10.2. The Morgan fingerprint density at radius 2 is 2.50 bits per heavy atom. The molecule has 1 N–H and O–H groups in total. The van der Waals surface area contributed by atoms with Gasteiger partial charge in [-0.1, -0.05) is 6.58 Å². The summed E-state index contributed by atoms with van der Waals surface area (Å²) in [5.74, 6) is -0.236. The summed E-state index contributed by atoms with van der Waals surface area (Å²) in [6.07, 6.45) is 2.26. The van der Waals surface area contributed by atoms with E-state index >= 15 is 0 Å². The van der Waals surface area contributed by atoms with Crippen molar-refractivity contribution < 1.29 is 9.53 Å². The van der Waals surface area contributed by atoms with E-state index in [2.05, 4.69) is 28.5 Å². The Morgan fingerprint density at radius 3 is 3.00 bits per heavy atom. The van der Waals surface area contributed by atoms with Crippen molar-refractivity contribution in [2.24, 2.45) is 5.10 Å². The average molecular weight is 197 g/mol. The van der Waals surface area contributed by atoms with Crippen LogP contribution in [0.25, 0.3) is 0 Å². The Balaban J connectivity index is 2.51. The smallest absolute Gasteiger partial charge is 0.322 e. The number of nitrogens with zero attached hydrogens (tertiary/aromatic N) is 2. The maximum Gasteiger partial charge on any atom is 0.322 e. The molecule has 0 aromatic carbocycles. The Kier molecular flexibility index (Phi) is 3.64. The zero-order valence-corrected chi connectivity index (χ0v) is 8.27. The second-order valence-corrected chi connectivity index (χ2v) is 3.08. The summed E-state index contributed by atoms with van der Waals surface area (Å²) in [5.41, 5.74) is 0. The minimum absolute atomic E-state index is 0.133. The molecule has 1 aliphatic heterocycles. The van der Waals surface area contributed by atoms with Crippen LogP contribution in [0.1, 0.15) is 6.42 Å². The minimum atomic E-state index is -0.241. The molecule has 0 bridgehead atoms. The van der Waals surface area contributed by atoms with Crippen LogP contribution in [0, 0.1) is 0 Å². The molecular formula is C9H15N3O2. The molecule has 0 amide bonds. The van der Waals surface area contributed by atoms with E-state index in [0.717, 1.165) is 0 Å². The van der Waals surface area contributed by atoms with Gasteiger partial charge in [0.05, 0.1) is 13.2 Å². The van der Waals surface area contributed by atoms with Crippen LogP contribution in [0.3, 0.4) is 0 Å². The summed E-state index contributed by atoms with van der Waals surface area (Å²) in [6.45, 7) is 7.73. The van der Waals surface area contributed by atoms with Crippen molar-refractivity contribution in [2.45, 2.75) is 18.5 Å². The summed E-state index contributed by atoms with van der Waals surface area (Å²) >= 11 is 0. The fourth-order valence-electron chi connectivity index (χ4n) is 1.56. The lowest BCUT2D eigenvalue weighted by Crippen LogP contribution is -2.31. The molecule has 0 radical (unpaired) electrons. The van der Waals surface area contributed by atoms with Crippen LogP contribution < -0.4 is 5.32 Å². The lowest BCUT2D eigenvalue weighted by molar-refractivity contribution is -0.142. The average Bonchev–Trinajstić information content (AvgIpc) is 2.68. The standard InChI is InChI=1S/C9H15N3O2/c1-4-12(10-2)7-5-8(11-6-7)9(13)14-3/h4,7-8,11H,1-2,5-6H2,3H3. The van der Waals surface area contributed by atoms with Crippen molar-refractivity contribution in [1.82, 2.24) is 10.3 Å². The van der Waals surface area contributed by atoms with Gasteiger partial charge in [0.2, 0.25) is 0 Å². The third-order valence-electron chi connectivity index (χ3n) is 2.32. The number of hydrogen-bond donors (Lipinski definition) is 1. The molecular weight excluding hydrogens is 182 g/mol. The first-order chi connectivity index (χ1) is 6.72. The summed E-state index contributed by atoms with van der Waals surface area (Å²) in [5, 5.41) is 8.48. The molecule has 2 atom stereocenters. The Morgan fingerprint density at radius 1 is 1.79 bits per heavy atom. The molecule has 1 aliphatic rings. The Labute approximate surface area is 83.4 Å². The van der Waals surface area contributed by atoms with Crippen LogP contribution >= 0.6 is 0 Å². The predicted octanol–water partition coefficient (Wildman–Crippen LogP) is -0.0490. The normalized spacial score (nSPS) is 25.5. The first kappa shape index (κ1) is 10.7. The van der Waals surface area contributed by atoms with Gasteiger partial charge >= 0.3 is 5.97 Å². The van der Waals surface area contributed by atoms with E-state index < -0.39 is 0 Å². The number of carbonyl (C=O) groups is 1. The number of nitrogens with one attached hydrogen (secondary N) is 1. The Hall–Kier alpha value is -1.36. The molecule has 1 fully saturated rings. The van der Waals surface area contributed by atoms with Gasteiger partial charge in [0.1, 0.15) is 6.04 Å². The van der Waals surface area contributed by atoms with E-state index in [-0.39, 0.29) is 18.1 Å². The molecule has 1 heterocycles. The molecule has 14 heavy (non-hydrogen) atoms. The lowest BCUT2D eigenvalue weighted by Gasteiger charge is -2.19. The SMILES string of the molecule is C=CN(N=C)C1CNC(C(=O)OC)C1. The van der Waals surface area contributed by atoms with Crippen molar-refractivity contribution in [2.75, 3.05) is 13.7 Å². The van der Waals surface area contributed by atoms with E-state index in [4.69, 9.17) is 0 Å². The van der Waals surface area contributed by atoms with Gasteiger partial charge < -0.3 is 10.1 Å².